The number of pyridine rings is 1. The third kappa shape index (κ3) is 8.91. The summed E-state index contributed by atoms with van der Waals surface area (Å²) in [4.78, 5) is 7.40. The number of hydrogen-bond donors (Lipinski definition) is 2. The van der Waals surface area contributed by atoms with Crippen LogP contribution in [0.25, 0.3) is 0 Å². The summed E-state index contributed by atoms with van der Waals surface area (Å²) in [5, 5.41) is 6.56. The molecular weight excluding hydrogens is 476 g/mol. The summed E-state index contributed by atoms with van der Waals surface area (Å²) in [5.74, 6) is 1.93. The molecule has 2 heterocycles. The summed E-state index contributed by atoms with van der Waals surface area (Å²) in [6.45, 7) is 19.2. The van der Waals surface area contributed by atoms with Gasteiger partial charge in [0.05, 0.1) is 0 Å². The van der Waals surface area contributed by atoms with Gasteiger partial charge in [0.2, 0.25) is 0 Å². The summed E-state index contributed by atoms with van der Waals surface area (Å²) in [5.41, 5.74) is 4.69. The van der Waals surface area contributed by atoms with Crippen LogP contribution in [-0.4, -0.2) is 43.1 Å². The van der Waals surface area contributed by atoms with Crippen molar-refractivity contribution in [1.82, 2.24) is 15.2 Å². The second kappa shape index (κ2) is 15.4. The number of hydrogen-bond acceptors (Lipinski definition) is 4. The molecule has 0 amide bonds. The second-order valence-electron chi connectivity index (χ2n) is 11.0. The first-order valence-corrected chi connectivity index (χ1v) is 14.4. The lowest BCUT2D eigenvalue weighted by atomic mass is 9.76. The highest BCUT2D eigenvalue weighted by Crippen LogP contribution is 2.32. The van der Waals surface area contributed by atoms with Gasteiger partial charge in [0, 0.05) is 22.7 Å². The molecule has 1 saturated heterocycles. The van der Waals surface area contributed by atoms with Gasteiger partial charge < -0.3 is 15.5 Å². The standard InChI is InChI=1S/C19H32N4.C16H16/c1-15(2)16(3)21-19-8-5-7-18(22-19)17-9-13-23(14-10-17)12-6-11-20-4;1-3-16(2,14-10-6-4-7-11-14)15-12-8-5-9-13-15/h5,7-8,15,17,20H,3,6,9-14H2,1-2,4H3,(H,21,22);3-13H,1H2,2H3. The van der Waals surface area contributed by atoms with Gasteiger partial charge >= 0.3 is 0 Å². The van der Waals surface area contributed by atoms with Crippen molar-refractivity contribution in [1.29, 1.82) is 0 Å². The van der Waals surface area contributed by atoms with Gasteiger partial charge in [-0.2, -0.15) is 0 Å². The van der Waals surface area contributed by atoms with E-state index in [1.54, 1.807) is 0 Å². The lowest BCUT2D eigenvalue weighted by molar-refractivity contribution is 0.209. The van der Waals surface area contributed by atoms with Crippen LogP contribution >= 0.6 is 0 Å². The molecule has 0 unspecified atom stereocenters. The minimum Gasteiger partial charge on any atom is -0.344 e. The molecule has 1 aromatic heterocycles. The van der Waals surface area contributed by atoms with Crippen LogP contribution in [0.1, 0.15) is 62.8 Å². The van der Waals surface area contributed by atoms with E-state index in [9.17, 15) is 0 Å². The number of allylic oxidation sites excluding steroid dienone is 2. The van der Waals surface area contributed by atoms with Crippen molar-refractivity contribution in [3.05, 3.63) is 121 Å². The minimum absolute atomic E-state index is 0.109. The largest absolute Gasteiger partial charge is 0.344 e. The Bertz CT molecular complexity index is 1090. The molecule has 3 aromatic rings. The molecule has 4 heteroatoms. The van der Waals surface area contributed by atoms with Crippen molar-refractivity contribution >= 4 is 5.82 Å². The van der Waals surface area contributed by atoms with E-state index in [1.165, 1.54) is 55.7 Å². The van der Waals surface area contributed by atoms with Crippen molar-refractivity contribution < 1.29 is 0 Å². The lowest BCUT2D eigenvalue weighted by Crippen LogP contribution is -2.34. The monoisotopic (exact) mass is 524 g/mol. The van der Waals surface area contributed by atoms with E-state index in [4.69, 9.17) is 4.98 Å². The first kappa shape index (κ1) is 30.3. The Labute approximate surface area is 237 Å². The molecule has 0 spiro atoms. The lowest BCUT2D eigenvalue weighted by Gasteiger charge is -2.31. The Morgan fingerprint density at radius 3 is 2.08 bits per heavy atom. The quantitative estimate of drug-likeness (QED) is 0.200. The number of likely N-dealkylation sites (tertiary alicyclic amines) is 1. The number of aromatic nitrogens is 1. The predicted molar refractivity (Wildman–Crippen MR) is 168 cm³/mol. The zero-order chi connectivity index (χ0) is 28.1. The molecule has 2 N–H and O–H groups in total. The van der Waals surface area contributed by atoms with Crippen molar-refractivity contribution in [2.24, 2.45) is 5.92 Å². The minimum atomic E-state index is -0.109. The predicted octanol–water partition coefficient (Wildman–Crippen LogP) is 7.63. The van der Waals surface area contributed by atoms with Crippen LogP contribution in [0, 0.1) is 5.92 Å². The van der Waals surface area contributed by atoms with Crippen LogP contribution in [0.15, 0.2) is 104 Å². The highest BCUT2D eigenvalue weighted by atomic mass is 15.1. The van der Waals surface area contributed by atoms with E-state index in [0.717, 1.165) is 18.1 Å². The Balaban J connectivity index is 0.000000230. The molecule has 4 nitrogen and oxygen atoms in total. The smallest absolute Gasteiger partial charge is 0.130 e. The molecule has 4 rings (SSSR count). The maximum atomic E-state index is 4.82. The van der Waals surface area contributed by atoms with Crippen LogP contribution in [0.2, 0.25) is 0 Å². The van der Waals surface area contributed by atoms with Crippen LogP contribution in [0.4, 0.5) is 5.82 Å². The van der Waals surface area contributed by atoms with Gasteiger partial charge in [0.15, 0.2) is 0 Å². The molecule has 0 atom stereocenters. The van der Waals surface area contributed by atoms with E-state index >= 15 is 0 Å². The zero-order valence-electron chi connectivity index (χ0n) is 24.5. The second-order valence-corrected chi connectivity index (χ2v) is 11.0. The molecule has 1 fully saturated rings. The molecule has 0 bridgehead atoms. The van der Waals surface area contributed by atoms with E-state index < -0.39 is 0 Å². The number of anilines is 1. The molecule has 39 heavy (non-hydrogen) atoms. The fraction of sp³-hybridized carbons (Fsp3) is 0.400. The van der Waals surface area contributed by atoms with Crippen LogP contribution in [-0.2, 0) is 5.41 Å². The zero-order valence-corrected chi connectivity index (χ0v) is 24.5. The topological polar surface area (TPSA) is 40.2 Å². The van der Waals surface area contributed by atoms with Gasteiger partial charge in [-0.3, -0.25) is 0 Å². The van der Waals surface area contributed by atoms with Crippen LogP contribution in [0.3, 0.4) is 0 Å². The fourth-order valence-corrected chi connectivity index (χ4v) is 4.96. The van der Waals surface area contributed by atoms with E-state index in [-0.39, 0.29) is 5.41 Å². The van der Waals surface area contributed by atoms with E-state index in [2.05, 4.69) is 110 Å². The van der Waals surface area contributed by atoms with Gasteiger partial charge in [0.25, 0.3) is 0 Å². The van der Waals surface area contributed by atoms with Gasteiger partial charge in [-0.15, -0.1) is 6.58 Å². The average molecular weight is 525 g/mol. The van der Waals surface area contributed by atoms with Crippen molar-refractivity contribution in [2.45, 2.75) is 51.4 Å². The summed E-state index contributed by atoms with van der Waals surface area (Å²) in [6.07, 6.45) is 5.66. The van der Waals surface area contributed by atoms with Crippen LogP contribution < -0.4 is 10.6 Å². The van der Waals surface area contributed by atoms with Gasteiger partial charge in [-0.1, -0.05) is 93.2 Å². The maximum absolute atomic E-state index is 4.82. The molecular formula is C35H48N4. The molecule has 0 radical (unpaired) electrons. The Kier molecular flexibility index (Phi) is 12.0. The van der Waals surface area contributed by atoms with Gasteiger partial charge in [-0.25, -0.2) is 4.98 Å². The van der Waals surface area contributed by atoms with Crippen molar-refractivity contribution in [3.63, 3.8) is 0 Å². The Morgan fingerprint density at radius 2 is 1.56 bits per heavy atom. The molecule has 0 aliphatic carbocycles. The fourth-order valence-electron chi connectivity index (χ4n) is 4.96. The van der Waals surface area contributed by atoms with E-state index in [0.29, 0.717) is 11.8 Å². The SMILES string of the molecule is C=C(Nc1cccc(C2CCN(CCCNC)CC2)n1)C(C)C.C=CC(C)(c1ccccc1)c1ccccc1. The molecule has 2 aromatic carbocycles. The summed E-state index contributed by atoms with van der Waals surface area (Å²) in [7, 11) is 2.02. The third-order valence-corrected chi connectivity index (χ3v) is 7.82. The first-order chi connectivity index (χ1) is 18.9. The van der Waals surface area contributed by atoms with Crippen molar-refractivity contribution in [2.75, 3.05) is 38.5 Å². The average Bonchev–Trinajstić information content (AvgIpc) is 2.98. The van der Waals surface area contributed by atoms with Gasteiger partial charge in [0.1, 0.15) is 5.82 Å². The number of nitrogens with zero attached hydrogens (tertiary/aromatic N) is 2. The van der Waals surface area contributed by atoms with Crippen LogP contribution in [0.5, 0.6) is 0 Å². The molecule has 1 aliphatic rings. The van der Waals surface area contributed by atoms with E-state index in [1.807, 2.05) is 31.3 Å². The van der Waals surface area contributed by atoms with Gasteiger partial charge in [-0.05, 0) is 88.6 Å². The molecule has 0 saturated carbocycles. The Hall–Kier alpha value is -3.21. The third-order valence-electron chi connectivity index (χ3n) is 7.82. The summed E-state index contributed by atoms with van der Waals surface area (Å²) in [6, 6.07) is 27.3. The normalized spacial score (nSPS) is 14.4. The summed E-state index contributed by atoms with van der Waals surface area (Å²) >= 11 is 0. The molecule has 1 aliphatic heterocycles. The number of piperidine rings is 1. The summed E-state index contributed by atoms with van der Waals surface area (Å²) < 4.78 is 0. The number of rotatable bonds is 11. The highest BCUT2D eigenvalue weighted by Gasteiger charge is 2.24. The number of benzene rings is 2. The first-order valence-electron chi connectivity index (χ1n) is 14.4. The molecule has 208 valence electrons. The highest BCUT2D eigenvalue weighted by molar-refractivity contribution is 5.43. The number of nitrogens with one attached hydrogen (secondary N) is 2. The Morgan fingerprint density at radius 1 is 0.974 bits per heavy atom. The van der Waals surface area contributed by atoms with Crippen molar-refractivity contribution in [3.8, 4) is 0 Å². The maximum Gasteiger partial charge on any atom is 0.130 e.